The first-order chi connectivity index (χ1) is 14.4. The lowest BCUT2D eigenvalue weighted by molar-refractivity contribution is -0.143. The van der Waals surface area contributed by atoms with Crippen molar-refractivity contribution in [3.63, 3.8) is 0 Å². The largest absolute Gasteiger partial charge is 0.469 e. The summed E-state index contributed by atoms with van der Waals surface area (Å²) in [6.07, 6.45) is 4.38. The topological polar surface area (TPSA) is 86.1 Å². The SMILES string of the molecule is COC(=O)CC1(NC(=O)c2cc(-c3ccccc3)nc3c2cnn3C(C)C)CCC1. The molecular weight excluding hydrogens is 380 g/mol. The molecule has 0 atom stereocenters. The fraction of sp³-hybridized carbons (Fsp3) is 0.391. The number of hydrogen-bond donors (Lipinski definition) is 1. The zero-order chi connectivity index (χ0) is 21.3. The number of ether oxygens (including phenoxy) is 1. The third kappa shape index (κ3) is 3.67. The molecule has 0 bridgehead atoms. The average molecular weight is 406 g/mol. The number of pyridine rings is 1. The van der Waals surface area contributed by atoms with Gasteiger partial charge in [0.05, 0.1) is 41.9 Å². The van der Waals surface area contributed by atoms with Gasteiger partial charge < -0.3 is 10.1 Å². The highest BCUT2D eigenvalue weighted by Gasteiger charge is 2.41. The number of amides is 1. The van der Waals surface area contributed by atoms with Crippen LogP contribution in [-0.2, 0) is 9.53 Å². The lowest BCUT2D eigenvalue weighted by Gasteiger charge is -2.41. The van der Waals surface area contributed by atoms with Crippen LogP contribution in [0.2, 0.25) is 0 Å². The molecule has 1 N–H and O–H groups in total. The molecule has 1 amide bonds. The summed E-state index contributed by atoms with van der Waals surface area (Å²) in [7, 11) is 1.37. The van der Waals surface area contributed by atoms with Gasteiger partial charge in [0.15, 0.2) is 5.65 Å². The number of esters is 1. The zero-order valence-corrected chi connectivity index (χ0v) is 17.5. The minimum Gasteiger partial charge on any atom is -0.469 e. The van der Waals surface area contributed by atoms with Crippen molar-refractivity contribution in [3.05, 3.63) is 48.2 Å². The summed E-state index contributed by atoms with van der Waals surface area (Å²) in [5.41, 5.74) is 2.29. The number of benzene rings is 1. The molecule has 7 nitrogen and oxygen atoms in total. The maximum absolute atomic E-state index is 13.4. The molecule has 0 unspecified atom stereocenters. The maximum atomic E-state index is 13.4. The minimum absolute atomic E-state index is 0.106. The van der Waals surface area contributed by atoms with E-state index in [0.717, 1.165) is 24.8 Å². The molecule has 1 aromatic carbocycles. The van der Waals surface area contributed by atoms with Gasteiger partial charge in [0.2, 0.25) is 0 Å². The van der Waals surface area contributed by atoms with Crippen LogP contribution in [0.25, 0.3) is 22.3 Å². The first-order valence-corrected chi connectivity index (χ1v) is 10.3. The van der Waals surface area contributed by atoms with Gasteiger partial charge in [0, 0.05) is 11.6 Å². The molecule has 1 saturated carbocycles. The quantitative estimate of drug-likeness (QED) is 0.628. The van der Waals surface area contributed by atoms with Crippen molar-refractivity contribution in [2.45, 2.75) is 51.1 Å². The van der Waals surface area contributed by atoms with E-state index in [-0.39, 0.29) is 24.3 Å². The molecule has 156 valence electrons. The number of carbonyl (C=O) groups is 2. The van der Waals surface area contributed by atoms with Gasteiger partial charge >= 0.3 is 5.97 Å². The molecule has 2 heterocycles. The van der Waals surface area contributed by atoms with Crippen LogP contribution in [0, 0.1) is 0 Å². The number of fused-ring (bicyclic) bond motifs is 1. The van der Waals surface area contributed by atoms with Crippen LogP contribution in [0.5, 0.6) is 0 Å². The summed E-state index contributed by atoms with van der Waals surface area (Å²) >= 11 is 0. The zero-order valence-electron chi connectivity index (χ0n) is 17.5. The standard InChI is InChI=1S/C23H26N4O3/c1-15(2)27-21-18(14-24-27)17(12-19(25-21)16-8-5-4-6-9-16)22(29)26-23(10-7-11-23)13-20(28)30-3/h4-6,8-9,12,14-15H,7,10-11,13H2,1-3H3,(H,26,29). The molecule has 0 spiro atoms. The van der Waals surface area contributed by atoms with Gasteiger partial charge in [-0.15, -0.1) is 0 Å². The Balaban J connectivity index is 1.77. The van der Waals surface area contributed by atoms with Gasteiger partial charge in [-0.1, -0.05) is 30.3 Å². The van der Waals surface area contributed by atoms with Gasteiger partial charge in [-0.25, -0.2) is 9.67 Å². The molecule has 4 rings (SSSR count). The second-order valence-electron chi connectivity index (χ2n) is 8.18. The Morgan fingerprint density at radius 3 is 2.57 bits per heavy atom. The van der Waals surface area contributed by atoms with E-state index in [1.807, 2.05) is 54.9 Å². The summed E-state index contributed by atoms with van der Waals surface area (Å²) in [6.45, 7) is 4.06. The van der Waals surface area contributed by atoms with E-state index < -0.39 is 5.54 Å². The molecule has 1 fully saturated rings. The lowest BCUT2D eigenvalue weighted by atomic mass is 9.74. The van der Waals surface area contributed by atoms with Gasteiger partial charge in [0.1, 0.15) is 0 Å². The summed E-state index contributed by atoms with van der Waals surface area (Å²) in [6, 6.07) is 11.7. The van der Waals surface area contributed by atoms with Crippen LogP contribution in [0.1, 0.15) is 55.9 Å². The van der Waals surface area contributed by atoms with Crippen molar-refractivity contribution in [1.29, 1.82) is 0 Å². The predicted molar refractivity (Wildman–Crippen MR) is 114 cm³/mol. The van der Waals surface area contributed by atoms with Crippen LogP contribution in [0.3, 0.4) is 0 Å². The second kappa shape index (κ2) is 7.89. The second-order valence-corrected chi connectivity index (χ2v) is 8.18. The summed E-state index contributed by atoms with van der Waals surface area (Å²) in [4.78, 5) is 30.1. The van der Waals surface area contributed by atoms with Crippen molar-refractivity contribution in [2.75, 3.05) is 7.11 Å². The lowest BCUT2D eigenvalue weighted by Crippen LogP contribution is -2.54. The number of aromatic nitrogens is 3. The molecule has 3 aromatic rings. The summed E-state index contributed by atoms with van der Waals surface area (Å²) < 4.78 is 6.66. The number of carbonyl (C=O) groups excluding carboxylic acids is 2. The van der Waals surface area contributed by atoms with Gasteiger partial charge in [-0.2, -0.15) is 5.10 Å². The highest BCUT2D eigenvalue weighted by molar-refractivity contribution is 6.07. The Morgan fingerprint density at radius 2 is 1.97 bits per heavy atom. The monoisotopic (exact) mass is 406 g/mol. The van der Waals surface area contributed by atoms with E-state index in [1.165, 1.54) is 7.11 Å². The molecular formula is C23H26N4O3. The Bertz CT molecular complexity index is 1080. The molecule has 1 aliphatic rings. The molecule has 0 aliphatic heterocycles. The van der Waals surface area contributed by atoms with Gasteiger partial charge in [0.25, 0.3) is 5.91 Å². The van der Waals surface area contributed by atoms with Crippen molar-refractivity contribution in [2.24, 2.45) is 0 Å². The van der Waals surface area contributed by atoms with E-state index in [4.69, 9.17) is 9.72 Å². The minimum atomic E-state index is -0.541. The highest BCUT2D eigenvalue weighted by atomic mass is 16.5. The third-order valence-corrected chi connectivity index (χ3v) is 5.77. The molecule has 2 aromatic heterocycles. The first-order valence-electron chi connectivity index (χ1n) is 10.3. The predicted octanol–water partition coefficient (Wildman–Crippen LogP) is 3.89. The Kier molecular flexibility index (Phi) is 5.28. The van der Waals surface area contributed by atoms with E-state index in [2.05, 4.69) is 10.4 Å². The summed E-state index contributed by atoms with van der Waals surface area (Å²) in [5, 5.41) is 8.28. The third-order valence-electron chi connectivity index (χ3n) is 5.77. The molecule has 7 heteroatoms. The fourth-order valence-corrected chi connectivity index (χ4v) is 3.95. The van der Waals surface area contributed by atoms with Gasteiger partial charge in [-0.05, 0) is 39.2 Å². The number of nitrogens with one attached hydrogen (secondary N) is 1. The Labute approximate surface area is 175 Å². The van der Waals surface area contributed by atoms with E-state index in [1.54, 1.807) is 6.20 Å². The van der Waals surface area contributed by atoms with Crippen molar-refractivity contribution in [1.82, 2.24) is 20.1 Å². The van der Waals surface area contributed by atoms with Crippen molar-refractivity contribution < 1.29 is 14.3 Å². The Morgan fingerprint density at radius 1 is 1.23 bits per heavy atom. The molecule has 30 heavy (non-hydrogen) atoms. The number of hydrogen-bond acceptors (Lipinski definition) is 5. The van der Waals surface area contributed by atoms with Crippen LogP contribution in [0.4, 0.5) is 0 Å². The van der Waals surface area contributed by atoms with Crippen LogP contribution in [0.15, 0.2) is 42.6 Å². The van der Waals surface area contributed by atoms with E-state index in [9.17, 15) is 9.59 Å². The normalized spacial score (nSPS) is 15.1. The van der Waals surface area contributed by atoms with E-state index in [0.29, 0.717) is 22.3 Å². The van der Waals surface area contributed by atoms with Crippen LogP contribution in [-0.4, -0.2) is 39.3 Å². The van der Waals surface area contributed by atoms with E-state index >= 15 is 0 Å². The van der Waals surface area contributed by atoms with Crippen molar-refractivity contribution >= 4 is 22.9 Å². The van der Waals surface area contributed by atoms with Crippen LogP contribution >= 0.6 is 0 Å². The Hall–Kier alpha value is -3.22. The summed E-state index contributed by atoms with van der Waals surface area (Å²) in [5.74, 6) is -0.529. The van der Waals surface area contributed by atoms with Crippen molar-refractivity contribution in [3.8, 4) is 11.3 Å². The number of rotatable bonds is 6. The molecule has 0 radical (unpaired) electrons. The fourth-order valence-electron chi connectivity index (χ4n) is 3.95. The van der Waals surface area contributed by atoms with Crippen LogP contribution < -0.4 is 5.32 Å². The van der Waals surface area contributed by atoms with Gasteiger partial charge in [-0.3, -0.25) is 9.59 Å². The number of nitrogens with zero attached hydrogens (tertiary/aromatic N) is 3. The number of methoxy groups -OCH3 is 1. The molecule has 0 saturated heterocycles. The highest BCUT2D eigenvalue weighted by Crippen LogP contribution is 2.36. The average Bonchev–Trinajstić information content (AvgIpc) is 3.16. The molecule has 1 aliphatic carbocycles. The smallest absolute Gasteiger partial charge is 0.307 e. The first kappa shape index (κ1) is 20.1. The maximum Gasteiger partial charge on any atom is 0.307 e.